The Bertz CT molecular complexity index is 535. The third-order valence-corrected chi connectivity index (χ3v) is 4.04. The number of benzene rings is 1. The first-order chi connectivity index (χ1) is 9.52. The molecule has 1 aliphatic heterocycles. The van der Waals surface area contributed by atoms with Crippen LogP contribution < -0.4 is 15.8 Å². The summed E-state index contributed by atoms with van der Waals surface area (Å²) in [7, 11) is 1.50. The van der Waals surface area contributed by atoms with Gasteiger partial charge in [-0.25, -0.2) is 0 Å². The molecule has 1 aliphatic rings. The normalized spacial score (nSPS) is 18.2. The first-order valence-corrected chi connectivity index (χ1v) is 6.98. The van der Waals surface area contributed by atoms with E-state index in [0.717, 1.165) is 42.5 Å². The predicted molar refractivity (Wildman–Crippen MR) is 77.3 cm³/mol. The number of aromatic hydroxyl groups is 1. The molecule has 0 bridgehead atoms. The summed E-state index contributed by atoms with van der Waals surface area (Å²) in [6, 6.07) is 0.201. The van der Waals surface area contributed by atoms with E-state index in [1.807, 2.05) is 13.8 Å². The van der Waals surface area contributed by atoms with Crippen LogP contribution in [0.4, 0.5) is 0 Å². The van der Waals surface area contributed by atoms with Gasteiger partial charge in [-0.05, 0) is 49.4 Å². The molecule has 5 nitrogen and oxygen atoms in total. The molecule has 0 radical (unpaired) electrons. The van der Waals surface area contributed by atoms with Gasteiger partial charge < -0.3 is 20.9 Å². The second kappa shape index (κ2) is 5.71. The summed E-state index contributed by atoms with van der Waals surface area (Å²) in [6.07, 6.45) is 2.85. The molecule has 1 amide bonds. The van der Waals surface area contributed by atoms with Crippen LogP contribution in [-0.2, 0) is 6.42 Å². The van der Waals surface area contributed by atoms with E-state index in [9.17, 15) is 9.90 Å². The first-order valence-electron chi connectivity index (χ1n) is 6.98. The van der Waals surface area contributed by atoms with Crippen molar-refractivity contribution in [1.29, 1.82) is 0 Å². The minimum Gasteiger partial charge on any atom is -0.507 e. The molecule has 0 aromatic heterocycles. The SMILES string of the molecule is CCc1c(OC)c(C(N)=O)c(O)c(C)c1C1CCCN1. The largest absolute Gasteiger partial charge is 0.507 e. The molecule has 1 saturated heterocycles. The number of methoxy groups -OCH3 is 1. The molecule has 1 atom stereocenters. The molecule has 4 N–H and O–H groups in total. The molecule has 0 saturated carbocycles. The molecule has 0 aliphatic carbocycles. The zero-order valence-electron chi connectivity index (χ0n) is 12.2. The summed E-state index contributed by atoms with van der Waals surface area (Å²) in [5.41, 5.74) is 8.20. The molecule has 1 heterocycles. The monoisotopic (exact) mass is 278 g/mol. The topological polar surface area (TPSA) is 84.6 Å². The van der Waals surface area contributed by atoms with E-state index >= 15 is 0 Å². The van der Waals surface area contributed by atoms with Gasteiger partial charge in [0, 0.05) is 6.04 Å². The summed E-state index contributed by atoms with van der Waals surface area (Å²) in [4.78, 5) is 11.6. The quantitative estimate of drug-likeness (QED) is 0.784. The molecule has 0 spiro atoms. The van der Waals surface area contributed by atoms with Crippen LogP contribution in [0, 0.1) is 6.92 Å². The summed E-state index contributed by atoms with van der Waals surface area (Å²) in [6.45, 7) is 4.81. The number of nitrogens with two attached hydrogens (primary N) is 1. The third-order valence-electron chi connectivity index (χ3n) is 4.04. The maximum Gasteiger partial charge on any atom is 0.256 e. The Kier molecular flexibility index (Phi) is 4.18. The van der Waals surface area contributed by atoms with Crippen LogP contribution in [0.1, 0.15) is 52.9 Å². The van der Waals surface area contributed by atoms with Gasteiger partial charge in [-0.15, -0.1) is 0 Å². The maximum atomic E-state index is 11.6. The van der Waals surface area contributed by atoms with Crippen molar-refractivity contribution in [3.05, 3.63) is 22.3 Å². The Labute approximate surface area is 119 Å². The van der Waals surface area contributed by atoms with E-state index in [2.05, 4.69) is 5.32 Å². The molecular weight excluding hydrogens is 256 g/mol. The van der Waals surface area contributed by atoms with Crippen molar-refractivity contribution in [2.45, 2.75) is 39.2 Å². The summed E-state index contributed by atoms with van der Waals surface area (Å²) in [5, 5.41) is 13.8. The van der Waals surface area contributed by atoms with Crippen molar-refractivity contribution in [3.8, 4) is 11.5 Å². The van der Waals surface area contributed by atoms with Crippen molar-refractivity contribution in [2.75, 3.05) is 13.7 Å². The van der Waals surface area contributed by atoms with E-state index in [1.165, 1.54) is 7.11 Å². The number of hydrogen-bond acceptors (Lipinski definition) is 4. The second-order valence-corrected chi connectivity index (χ2v) is 5.14. The molecule has 1 aromatic carbocycles. The lowest BCUT2D eigenvalue weighted by atomic mass is 9.88. The number of ether oxygens (including phenoxy) is 1. The van der Waals surface area contributed by atoms with Crippen molar-refractivity contribution in [2.24, 2.45) is 5.73 Å². The van der Waals surface area contributed by atoms with Gasteiger partial charge in [0.05, 0.1) is 7.11 Å². The third kappa shape index (κ3) is 2.22. The van der Waals surface area contributed by atoms with Gasteiger partial charge in [-0.3, -0.25) is 4.79 Å². The van der Waals surface area contributed by atoms with E-state index < -0.39 is 5.91 Å². The molecule has 1 fully saturated rings. The Balaban J connectivity index is 2.74. The average Bonchev–Trinajstić information content (AvgIpc) is 2.93. The molecule has 110 valence electrons. The molecule has 1 unspecified atom stereocenters. The van der Waals surface area contributed by atoms with E-state index in [1.54, 1.807) is 0 Å². The number of amides is 1. The Morgan fingerprint density at radius 2 is 2.25 bits per heavy atom. The van der Waals surface area contributed by atoms with Gasteiger partial charge in [-0.2, -0.15) is 0 Å². The van der Waals surface area contributed by atoms with Crippen LogP contribution in [0.2, 0.25) is 0 Å². The molecular formula is C15H22N2O3. The predicted octanol–water partition coefficient (Wildman–Crippen LogP) is 1.80. The molecule has 5 heteroatoms. The fourth-order valence-electron chi connectivity index (χ4n) is 3.13. The number of primary amides is 1. The van der Waals surface area contributed by atoms with Crippen LogP contribution >= 0.6 is 0 Å². The summed E-state index contributed by atoms with van der Waals surface area (Å²) >= 11 is 0. The minimum atomic E-state index is -0.664. The zero-order valence-corrected chi connectivity index (χ0v) is 12.2. The van der Waals surface area contributed by atoms with Crippen molar-refractivity contribution in [1.82, 2.24) is 5.32 Å². The summed E-state index contributed by atoms with van der Waals surface area (Å²) < 4.78 is 5.38. The van der Waals surface area contributed by atoms with Crippen LogP contribution in [0.25, 0.3) is 0 Å². The van der Waals surface area contributed by atoms with E-state index in [-0.39, 0.29) is 17.4 Å². The maximum absolute atomic E-state index is 11.6. The van der Waals surface area contributed by atoms with Crippen molar-refractivity contribution in [3.63, 3.8) is 0 Å². The van der Waals surface area contributed by atoms with Crippen LogP contribution in [-0.4, -0.2) is 24.7 Å². The van der Waals surface area contributed by atoms with Gasteiger partial charge in [0.2, 0.25) is 0 Å². The Morgan fingerprint density at radius 1 is 1.55 bits per heavy atom. The second-order valence-electron chi connectivity index (χ2n) is 5.14. The first kappa shape index (κ1) is 14.7. The highest BCUT2D eigenvalue weighted by Gasteiger charge is 2.29. The number of hydrogen-bond donors (Lipinski definition) is 3. The zero-order chi connectivity index (χ0) is 14.9. The Morgan fingerprint density at radius 3 is 2.70 bits per heavy atom. The van der Waals surface area contributed by atoms with Gasteiger partial charge in [0.15, 0.2) is 0 Å². The highest BCUT2D eigenvalue weighted by atomic mass is 16.5. The fourth-order valence-corrected chi connectivity index (χ4v) is 3.13. The molecule has 20 heavy (non-hydrogen) atoms. The minimum absolute atomic E-state index is 0.0600. The number of rotatable bonds is 4. The molecule has 2 rings (SSSR count). The average molecular weight is 278 g/mol. The van der Waals surface area contributed by atoms with Crippen molar-refractivity contribution >= 4 is 5.91 Å². The van der Waals surface area contributed by atoms with Crippen LogP contribution in [0.5, 0.6) is 11.5 Å². The summed E-state index contributed by atoms with van der Waals surface area (Å²) in [5.74, 6) is -0.315. The van der Waals surface area contributed by atoms with Gasteiger partial charge in [0.25, 0.3) is 5.91 Å². The van der Waals surface area contributed by atoms with E-state index in [4.69, 9.17) is 10.5 Å². The van der Waals surface area contributed by atoms with E-state index in [0.29, 0.717) is 5.75 Å². The van der Waals surface area contributed by atoms with Gasteiger partial charge in [-0.1, -0.05) is 6.92 Å². The number of phenols is 1. The highest BCUT2D eigenvalue weighted by Crippen LogP contribution is 2.42. The lowest BCUT2D eigenvalue weighted by molar-refractivity contribution is 0.0994. The smallest absolute Gasteiger partial charge is 0.256 e. The number of nitrogens with one attached hydrogen (secondary N) is 1. The van der Waals surface area contributed by atoms with Crippen LogP contribution in [0.3, 0.4) is 0 Å². The molecule has 1 aromatic rings. The lowest BCUT2D eigenvalue weighted by Crippen LogP contribution is -2.20. The lowest BCUT2D eigenvalue weighted by Gasteiger charge is -2.23. The number of carbonyl (C=O) groups is 1. The number of carbonyl (C=O) groups excluding carboxylic acids is 1. The fraction of sp³-hybridized carbons (Fsp3) is 0.533. The van der Waals surface area contributed by atoms with Gasteiger partial charge >= 0.3 is 0 Å². The highest BCUT2D eigenvalue weighted by molar-refractivity contribution is 5.99. The van der Waals surface area contributed by atoms with Crippen LogP contribution in [0.15, 0.2) is 0 Å². The van der Waals surface area contributed by atoms with Crippen molar-refractivity contribution < 1.29 is 14.6 Å². The van der Waals surface area contributed by atoms with Gasteiger partial charge in [0.1, 0.15) is 17.1 Å². The Hall–Kier alpha value is -1.75. The standard InChI is InChI=1S/C15H22N2O3/c1-4-9-11(10-6-5-7-17-10)8(2)13(18)12(15(16)19)14(9)20-3/h10,17-18H,4-7H2,1-3H3,(H2,16,19).